The largest absolute Gasteiger partial charge is 0.481 e. The molecular formula is C13H15NO4. The van der Waals surface area contributed by atoms with Gasteiger partial charge in [-0.05, 0) is 12.5 Å². The number of carbonyl (C=O) groups excluding carboxylic acids is 1. The number of nitrogens with zero attached hydrogens (tertiary/aromatic N) is 1. The first-order valence-corrected chi connectivity index (χ1v) is 5.83. The van der Waals surface area contributed by atoms with Gasteiger partial charge in [0, 0.05) is 6.42 Å². The van der Waals surface area contributed by atoms with E-state index in [1.54, 1.807) is 0 Å². The number of hydrogen-bond acceptors (Lipinski definition) is 3. The second-order valence-corrected chi connectivity index (χ2v) is 4.35. The number of aliphatic carboxylic acids is 1. The lowest BCUT2D eigenvalue weighted by Gasteiger charge is -2.21. The molecule has 1 fully saturated rings. The Hall–Kier alpha value is -1.88. The lowest BCUT2D eigenvalue weighted by Crippen LogP contribution is -2.27. The Labute approximate surface area is 105 Å². The van der Waals surface area contributed by atoms with E-state index in [1.807, 2.05) is 37.3 Å². The lowest BCUT2D eigenvalue weighted by molar-refractivity contribution is -0.197. The highest BCUT2D eigenvalue weighted by Gasteiger charge is 2.36. The van der Waals surface area contributed by atoms with Crippen molar-refractivity contribution in [3.05, 3.63) is 35.9 Å². The topological polar surface area (TPSA) is 66.8 Å². The van der Waals surface area contributed by atoms with Crippen molar-refractivity contribution in [3.8, 4) is 0 Å². The second kappa shape index (κ2) is 5.18. The summed E-state index contributed by atoms with van der Waals surface area (Å²) in [6.07, 6.45) is -0.265. The molecule has 5 heteroatoms. The summed E-state index contributed by atoms with van der Waals surface area (Å²) >= 11 is 0. The molecule has 2 rings (SSSR count). The van der Waals surface area contributed by atoms with Gasteiger partial charge in [-0.3, -0.25) is 14.4 Å². The van der Waals surface area contributed by atoms with Gasteiger partial charge in [-0.15, -0.1) is 0 Å². The van der Waals surface area contributed by atoms with Crippen molar-refractivity contribution in [1.82, 2.24) is 5.06 Å². The second-order valence-electron chi connectivity index (χ2n) is 4.35. The Morgan fingerprint density at radius 1 is 1.44 bits per heavy atom. The quantitative estimate of drug-likeness (QED) is 0.880. The van der Waals surface area contributed by atoms with E-state index < -0.39 is 11.9 Å². The summed E-state index contributed by atoms with van der Waals surface area (Å²) in [5, 5.41) is 10.0. The zero-order valence-electron chi connectivity index (χ0n) is 10.1. The van der Waals surface area contributed by atoms with Crippen LogP contribution in [0.15, 0.2) is 30.3 Å². The molecule has 18 heavy (non-hydrogen) atoms. The van der Waals surface area contributed by atoms with Crippen LogP contribution in [0, 0.1) is 5.92 Å². The number of carboxylic acid groups (broad SMARTS) is 1. The molecule has 0 aliphatic carbocycles. The van der Waals surface area contributed by atoms with Crippen LogP contribution >= 0.6 is 0 Å². The van der Waals surface area contributed by atoms with Gasteiger partial charge in [0.05, 0.1) is 12.5 Å². The van der Waals surface area contributed by atoms with Gasteiger partial charge in [0.2, 0.25) is 5.91 Å². The number of carbonyl (C=O) groups is 2. The van der Waals surface area contributed by atoms with E-state index in [0.717, 1.165) is 10.6 Å². The molecule has 0 aromatic heterocycles. The van der Waals surface area contributed by atoms with Crippen molar-refractivity contribution in [2.24, 2.45) is 5.92 Å². The molecule has 0 bridgehead atoms. The molecule has 0 saturated carbocycles. The summed E-state index contributed by atoms with van der Waals surface area (Å²) in [7, 11) is 0. The maximum absolute atomic E-state index is 11.6. The van der Waals surface area contributed by atoms with E-state index in [0.29, 0.717) is 0 Å². The van der Waals surface area contributed by atoms with Gasteiger partial charge in [0.1, 0.15) is 6.10 Å². The first kappa shape index (κ1) is 12.6. The monoisotopic (exact) mass is 249 g/mol. The zero-order chi connectivity index (χ0) is 13.1. The van der Waals surface area contributed by atoms with Crippen LogP contribution in [0.4, 0.5) is 0 Å². The number of benzene rings is 1. The molecule has 2 atom stereocenters. The minimum Gasteiger partial charge on any atom is -0.481 e. The van der Waals surface area contributed by atoms with Crippen LogP contribution in [-0.2, 0) is 14.4 Å². The highest BCUT2D eigenvalue weighted by Crippen LogP contribution is 2.24. The van der Waals surface area contributed by atoms with Gasteiger partial charge < -0.3 is 5.11 Å². The van der Waals surface area contributed by atoms with Crippen LogP contribution in [0.1, 0.15) is 25.0 Å². The van der Waals surface area contributed by atoms with Gasteiger partial charge in [0.25, 0.3) is 0 Å². The fourth-order valence-electron chi connectivity index (χ4n) is 1.92. The average molecular weight is 249 g/mol. The van der Waals surface area contributed by atoms with Crippen molar-refractivity contribution >= 4 is 11.9 Å². The summed E-state index contributed by atoms with van der Waals surface area (Å²) in [4.78, 5) is 27.9. The number of rotatable bonds is 4. The number of amides is 1. The maximum atomic E-state index is 11.6. The van der Waals surface area contributed by atoms with E-state index in [9.17, 15) is 9.59 Å². The summed E-state index contributed by atoms with van der Waals surface area (Å²) in [5.74, 6) is -1.90. The lowest BCUT2D eigenvalue weighted by atomic mass is 10.1. The molecule has 1 N–H and O–H groups in total. The Morgan fingerprint density at radius 2 is 2.11 bits per heavy atom. The van der Waals surface area contributed by atoms with Gasteiger partial charge in [-0.25, -0.2) is 5.06 Å². The van der Waals surface area contributed by atoms with Crippen molar-refractivity contribution < 1.29 is 19.5 Å². The van der Waals surface area contributed by atoms with Crippen molar-refractivity contribution in [1.29, 1.82) is 0 Å². The smallest absolute Gasteiger partial charge is 0.308 e. The van der Waals surface area contributed by atoms with Gasteiger partial charge >= 0.3 is 5.97 Å². The molecule has 1 aromatic carbocycles. The van der Waals surface area contributed by atoms with Gasteiger partial charge in [-0.1, -0.05) is 30.3 Å². The number of hydrogen-bond donors (Lipinski definition) is 1. The van der Waals surface area contributed by atoms with E-state index in [-0.39, 0.29) is 25.0 Å². The van der Waals surface area contributed by atoms with Crippen molar-refractivity contribution in [2.75, 3.05) is 6.54 Å². The summed E-state index contributed by atoms with van der Waals surface area (Å²) < 4.78 is 0. The Kier molecular flexibility index (Phi) is 3.62. The van der Waals surface area contributed by atoms with Crippen LogP contribution in [-0.4, -0.2) is 28.6 Å². The standard InChI is InChI=1S/C13H15NO4/c1-9(10-5-3-2-4-6-10)18-14-8-11(13(16)17)7-12(14)15/h2-6,9,11H,7-8H2,1H3,(H,16,17)/t9-,11?/m0/s1. The maximum Gasteiger partial charge on any atom is 0.308 e. The van der Waals surface area contributed by atoms with Gasteiger partial charge in [0.15, 0.2) is 0 Å². The Bertz CT molecular complexity index is 446. The minimum absolute atomic E-state index is 0.0108. The summed E-state index contributed by atoms with van der Waals surface area (Å²) in [6, 6.07) is 9.49. The number of hydroxylamine groups is 2. The summed E-state index contributed by atoms with van der Waals surface area (Å²) in [5.41, 5.74) is 0.948. The predicted octanol–water partition coefficient (Wildman–Crippen LogP) is 1.61. The number of carboxylic acids is 1. The van der Waals surface area contributed by atoms with Gasteiger partial charge in [-0.2, -0.15) is 0 Å². The molecule has 0 spiro atoms. The molecule has 1 amide bonds. The third kappa shape index (κ3) is 2.68. The average Bonchev–Trinajstić information content (AvgIpc) is 2.72. The van der Waals surface area contributed by atoms with E-state index >= 15 is 0 Å². The highest BCUT2D eigenvalue weighted by atomic mass is 16.7. The molecule has 1 heterocycles. The van der Waals surface area contributed by atoms with E-state index in [2.05, 4.69) is 0 Å². The fourth-order valence-corrected chi connectivity index (χ4v) is 1.92. The van der Waals surface area contributed by atoms with Crippen LogP contribution in [0.3, 0.4) is 0 Å². The molecular weight excluding hydrogens is 234 g/mol. The molecule has 96 valence electrons. The predicted molar refractivity (Wildman–Crippen MR) is 63.4 cm³/mol. The first-order chi connectivity index (χ1) is 8.58. The summed E-state index contributed by atoms with van der Waals surface area (Å²) in [6.45, 7) is 1.95. The van der Waals surface area contributed by atoms with Crippen molar-refractivity contribution in [3.63, 3.8) is 0 Å². The molecule has 1 unspecified atom stereocenters. The van der Waals surface area contributed by atoms with Crippen LogP contribution in [0.5, 0.6) is 0 Å². The first-order valence-electron chi connectivity index (χ1n) is 5.83. The molecule has 1 aliphatic rings. The van der Waals surface area contributed by atoms with Crippen molar-refractivity contribution in [2.45, 2.75) is 19.4 Å². The molecule has 1 aliphatic heterocycles. The highest BCUT2D eigenvalue weighted by molar-refractivity contribution is 5.85. The Morgan fingerprint density at radius 3 is 2.67 bits per heavy atom. The molecule has 5 nitrogen and oxygen atoms in total. The van der Waals surface area contributed by atoms with Crippen LogP contribution in [0.25, 0.3) is 0 Å². The van der Waals surface area contributed by atoms with E-state index in [1.165, 1.54) is 0 Å². The van der Waals surface area contributed by atoms with Crippen LogP contribution < -0.4 is 0 Å². The van der Waals surface area contributed by atoms with E-state index in [4.69, 9.17) is 9.94 Å². The minimum atomic E-state index is -0.957. The van der Waals surface area contributed by atoms with Crippen LogP contribution in [0.2, 0.25) is 0 Å². The third-order valence-corrected chi connectivity index (χ3v) is 2.99. The third-order valence-electron chi connectivity index (χ3n) is 2.99. The zero-order valence-corrected chi connectivity index (χ0v) is 10.1. The molecule has 1 aromatic rings. The Balaban J connectivity index is 1.98. The molecule has 1 saturated heterocycles. The SMILES string of the molecule is C[C@H](ON1CC(C(=O)O)CC1=O)c1ccccc1. The fraction of sp³-hybridized carbons (Fsp3) is 0.385. The molecule has 0 radical (unpaired) electrons. The normalized spacial score (nSPS) is 21.1.